The molecule has 5 rings (SSSR count). The predicted octanol–water partition coefficient (Wildman–Crippen LogP) is 14.2. The van der Waals surface area contributed by atoms with Gasteiger partial charge in [0, 0.05) is 0 Å². The Morgan fingerprint density at radius 2 is 0.646 bits per heavy atom. The van der Waals surface area contributed by atoms with Gasteiger partial charge in [0.05, 0.1) is 10.8 Å². The Morgan fingerprint density at radius 1 is 0.375 bits per heavy atom. The van der Waals surface area contributed by atoms with Gasteiger partial charge < -0.3 is 0 Å². The molecule has 0 amide bonds. The monoisotopic (exact) mass is 665 g/mol. The van der Waals surface area contributed by atoms with Crippen LogP contribution in [0.25, 0.3) is 0 Å². The molecule has 0 aliphatic heterocycles. The second-order valence-electron chi connectivity index (χ2n) is 18.6. The third kappa shape index (κ3) is 9.81. The van der Waals surface area contributed by atoms with Crippen LogP contribution < -0.4 is 0 Å². The number of hydrogen-bond donors (Lipinski definition) is 0. The van der Waals surface area contributed by atoms with E-state index in [-0.39, 0.29) is 0 Å². The summed E-state index contributed by atoms with van der Waals surface area (Å²) >= 11 is 0. The Bertz CT molecular complexity index is 826. The molecule has 276 valence electrons. The van der Waals surface area contributed by atoms with Gasteiger partial charge in [-0.15, -0.1) is 0 Å². The molecule has 0 atom stereocenters. The van der Waals surface area contributed by atoms with E-state index in [4.69, 9.17) is 0 Å². The highest BCUT2D eigenvalue weighted by Gasteiger charge is 2.71. The molecular formula is C46H80O2. The summed E-state index contributed by atoms with van der Waals surface area (Å²) in [5, 5.41) is 0. The van der Waals surface area contributed by atoms with Crippen LogP contribution in [0.5, 0.6) is 0 Å². The minimum atomic E-state index is -0.551. The molecule has 5 aliphatic carbocycles. The van der Waals surface area contributed by atoms with Gasteiger partial charge in [-0.3, -0.25) is 9.59 Å². The molecule has 0 heterocycles. The number of Topliss-reactive ketones (excluding diaryl/α,β-unsaturated/α-hetero) is 2. The standard InChI is InChI=1S/C46H80O2/c1-3-5-7-9-11-13-15-17-19-37-21-25-39(26-22-37)41-29-33-45(34-30-41)43(47)46(44(45)48)35-31-42(32-36-46)40-27-23-38(24-28-40)20-18-16-14-12-10-8-6-4-2/h37-42H,3-36H2,1-2H3/t37-,38-,39-,40-,41?,42?,45?,46?. The van der Waals surface area contributed by atoms with E-state index >= 15 is 0 Å². The minimum absolute atomic E-state index is 0.417. The third-order valence-electron chi connectivity index (χ3n) is 15.6. The number of carbonyl (C=O) groups excluding carboxylic acids is 2. The highest BCUT2D eigenvalue weighted by molar-refractivity contribution is 6.30. The van der Waals surface area contributed by atoms with Gasteiger partial charge in [0.2, 0.25) is 0 Å². The van der Waals surface area contributed by atoms with Crippen molar-refractivity contribution in [2.75, 3.05) is 0 Å². The van der Waals surface area contributed by atoms with Crippen molar-refractivity contribution >= 4 is 11.6 Å². The molecule has 5 fully saturated rings. The van der Waals surface area contributed by atoms with Gasteiger partial charge in [-0.05, 0) is 113 Å². The predicted molar refractivity (Wildman–Crippen MR) is 204 cm³/mol. The molecule has 0 saturated heterocycles. The average Bonchev–Trinajstić information content (AvgIpc) is 3.14. The Kier molecular flexibility index (Phi) is 15.9. The maximum Gasteiger partial charge on any atom is 0.159 e. The fraction of sp³-hybridized carbons (Fsp3) is 0.957. The first kappa shape index (κ1) is 38.6. The lowest BCUT2D eigenvalue weighted by molar-refractivity contribution is -0.179. The van der Waals surface area contributed by atoms with Crippen LogP contribution in [0.2, 0.25) is 0 Å². The Morgan fingerprint density at radius 3 is 0.958 bits per heavy atom. The quantitative estimate of drug-likeness (QED) is 0.0958. The SMILES string of the molecule is CCCCCCCCCC[C@H]1CC[C@H](C2CCC3(CC2)C(=O)C2(CCC([C@H]4CC[C@H](CCCCCCCCCC)CC4)CC2)C3=O)CC1. The molecular weight excluding hydrogens is 585 g/mol. The highest BCUT2D eigenvalue weighted by atomic mass is 16.2. The number of unbranched alkanes of at least 4 members (excludes halogenated alkanes) is 14. The van der Waals surface area contributed by atoms with Crippen LogP contribution in [0.4, 0.5) is 0 Å². The van der Waals surface area contributed by atoms with E-state index in [0.717, 1.165) is 86.9 Å². The van der Waals surface area contributed by atoms with E-state index in [1.54, 1.807) is 0 Å². The summed E-state index contributed by atoms with van der Waals surface area (Å²) in [6.07, 6.45) is 45.3. The summed E-state index contributed by atoms with van der Waals surface area (Å²) in [5.41, 5.74) is -1.10. The molecule has 5 saturated carbocycles. The summed E-state index contributed by atoms with van der Waals surface area (Å²) in [7, 11) is 0. The molecule has 2 spiro atoms. The minimum Gasteiger partial charge on any atom is -0.297 e. The molecule has 0 aromatic rings. The Labute approximate surface area is 298 Å². The zero-order valence-electron chi connectivity index (χ0n) is 32.3. The average molecular weight is 665 g/mol. The van der Waals surface area contributed by atoms with E-state index in [2.05, 4.69) is 13.8 Å². The summed E-state index contributed by atoms with van der Waals surface area (Å²) in [4.78, 5) is 28.0. The number of carbonyl (C=O) groups is 2. The van der Waals surface area contributed by atoms with E-state index in [0.29, 0.717) is 11.6 Å². The first-order valence-corrected chi connectivity index (χ1v) is 22.6. The van der Waals surface area contributed by atoms with Gasteiger partial charge in [-0.2, -0.15) is 0 Å². The van der Waals surface area contributed by atoms with Crippen LogP contribution >= 0.6 is 0 Å². The molecule has 2 nitrogen and oxygen atoms in total. The molecule has 0 N–H and O–H groups in total. The summed E-state index contributed by atoms with van der Waals surface area (Å²) in [6.45, 7) is 4.61. The van der Waals surface area contributed by atoms with Crippen molar-refractivity contribution in [2.24, 2.45) is 46.3 Å². The molecule has 0 aromatic carbocycles. The van der Waals surface area contributed by atoms with Crippen LogP contribution in [0, 0.1) is 46.3 Å². The molecule has 0 unspecified atom stereocenters. The van der Waals surface area contributed by atoms with Gasteiger partial charge >= 0.3 is 0 Å². The van der Waals surface area contributed by atoms with Crippen LogP contribution in [-0.2, 0) is 9.59 Å². The third-order valence-corrected chi connectivity index (χ3v) is 15.6. The summed E-state index contributed by atoms with van der Waals surface area (Å²) in [5.74, 6) is 6.05. The van der Waals surface area contributed by atoms with Crippen molar-refractivity contribution in [3.8, 4) is 0 Å². The molecule has 48 heavy (non-hydrogen) atoms. The highest BCUT2D eigenvalue weighted by Crippen LogP contribution is 2.63. The second-order valence-corrected chi connectivity index (χ2v) is 18.6. The van der Waals surface area contributed by atoms with Gasteiger partial charge in [-0.25, -0.2) is 0 Å². The summed E-state index contributed by atoms with van der Waals surface area (Å²) in [6, 6.07) is 0. The number of hydrogen-bond acceptors (Lipinski definition) is 2. The Balaban J connectivity index is 0.931. The van der Waals surface area contributed by atoms with E-state index in [1.807, 2.05) is 0 Å². The van der Waals surface area contributed by atoms with Crippen molar-refractivity contribution in [1.29, 1.82) is 0 Å². The molecule has 2 heteroatoms. The zero-order valence-corrected chi connectivity index (χ0v) is 32.3. The molecule has 0 radical (unpaired) electrons. The maximum absolute atomic E-state index is 14.0. The normalized spacial score (nSPS) is 35.7. The topological polar surface area (TPSA) is 34.1 Å². The molecule has 5 aliphatic rings. The smallest absolute Gasteiger partial charge is 0.159 e. The zero-order chi connectivity index (χ0) is 33.7. The number of ketones is 2. The van der Waals surface area contributed by atoms with Crippen molar-refractivity contribution in [3.63, 3.8) is 0 Å². The first-order valence-electron chi connectivity index (χ1n) is 22.6. The van der Waals surface area contributed by atoms with Gasteiger partial charge in [0.25, 0.3) is 0 Å². The largest absolute Gasteiger partial charge is 0.297 e. The van der Waals surface area contributed by atoms with E-state index in [9.17, 15) is 9.59 Å². The van der Waals surface area contributed by atoms with Crippen molar-refractivity contribution in [3.05, 3.63) is 0 Å². The van der Waals surface area contributed by atoms with Crippen molar-refractivity contribution in [1.82, 2.24) is 0 Å². The first-order chi connectivity index (χ1) is 23.5. The maximum atomic E-state index is 14.0. The van der Waals surface area contributed by atoms with Gasteiger partial charge in [-0.1, -0.05) is 155 Å². The van der Waals surface area contributed by atoms with Crippen molar-refractivity contribution in [2.45, 2.75) is 232 Å². The fourth-order valence-corrected chi connectivity index (χ4v) is 12.2. The van der Waals surface area contributed by atoms with Crippen molar-refractivity contribution < 1.29 is 9.59 Å². The van der Waals surface area contributed by atoms with Crippen LogP contribution in [-0.4, -0.2) is 11.6 Å². The fourth-order valence-electron chi connectivity index (χ4n) is 12.2. The second kappa shape index (κ2) is 19.8. The van der Waals surface area contributed by atoms with E-state index < -0.39 is 10.8 Å². The Hall–Kier alpha value is -0.660. The molecule has 0 bridgehead atoms. The number of rotatable bonds is 20. The lowest BCUT2D eigenvalue weighted by atomic mass is 9.41. The summed E-state index contributed by atoms with van der Waals surface area (Å²) < 4.78 is 0. The van der Waals surface area contributed by atoms with Crippen LogP contribution in [0.1, 0.15) is 232 Å². The molecule has 0 aromatic heterocycles. The van der Waals surface area contributed by atoms with Gasteiger partial charge in [0.15, 0.2) is 11.6 Å². The van der Waals surface area contributed by atoms with Crippen LogP contribution in [0.15, 0.2) is 0 Å². The van der Waals surface area contributed by atoms with Gasteiger partial charge in [0.1, 0.15) is 0 Å². The lowest BCUT2D eigenvalue weighted by Gasteiger charge is -2.58. The lowest BCUT2D eigenvalue weighted by Crippen LogP contribution is -2.68. The van der Waals surface area contributed by atoms with E-state index in [1.165, 1.54) is 167 Å². The van der Waals surface area contributed by atoms with Crippen LogP contribution in [0.3, 0.4) is 0 Å².